The minimum absolute atomic E-state index is 0.128. The van der Waals surface area contributed by atoms with Gasteiger partial charge >= 0.3 is 0 Å². The van der Waals surface area contributed by atoms with Gasteiger partial charge in [-0.1, -0.05) is 18.7 Å². The van der Waals surface area contributed by atoms with Crippen molar-refractivity contribution in [2.45, 2.75) is 18.6 Å². The molecule has 6 nitrogen and oxygen atoms in total. The van der Waals surface area contributed by atoms with Gasteiger partial charge in [0.05, 0.1) is 12.9 Å². The Kier molecular flexibility index (Phi) is 5.00. The van der Waals surface area contributed by atoms with Crippen LogP contribution in [-0.2, 0) is 11.2 Å². The van der Waals surface area contributed by atoms with Crippen LogP contribution in [0.25, 0.3) is 0 Å². The lowest BCUT2D eigenvalue weighted by molar-refractivity contribution is -0.113. The third kappa shape index (κ3) is 3.99. The van der Waals surface area contributed by atoms with Crippen molar-refractivity contribution < 1.29 is 13.9 Å². The molecule has 1 aromatic carbocycles. The van der Waals surface area contributed by atoms with Crippen LogP contribution in [0.5, 0.6) is 5.75 Å². The third-order valence-electron chi connectivity index (χ3n) is 2.45. The molecule has 0 saturated heterocycles. The molecular formula is C13H15N3O3S. The number of nitrogens with zero attached hydrogens (tertiary/aromatic N) is 2. The normalized spacial score (nSPS) is 10.3. The van der Waals surface area contributed by atoms with Crippen LogP contribution in [0.3, 0.4) is 0 Å². The van der Waals surface area contributed by atoms with E-state index in [9.17, 15) is 4.79 Å². The molecule has 1 amide bonds. The minimum Gasteiger partial charge on any atom is -0.497 e. The Labute approximate surface area is 120 Å². The highest BCUT2D eigenvalue weighted by Crippen LogP contribution is 2.18. The fourth-order valence-electron chi connectivity index (χ4n) is 1.44. The molecule has 0 spiro atoms. The van der Waals surface area contributed by atoms with Crippen molar-refractivity contribution in [3.63, 3.8) is 0 Å². The van der Waals surface area contributed by atoms with Gasteiger partial charge in [-0.3, -0.25) is 4.79 Å². The number of aromatic nitrogens is 2. The molecule has 0 fully saturated rings. The molecule has 7 heteroatoms. The van der Waals surface area contributed by atoms with E-state index in [1.807, 2.05) is 6.92 Å². The van der Waals surface area contributed by atoms with Crippen molar-refractivity contribution in [1.29, 1.82) is 0 Å². The third-order valence-corrected chi connectivity index (χ3v) is 3.27. The van der Waals surface area contributed by atoms with Gasteiger partial charge in [0, 0.05) is 12.1 Å². The summed E-state index contributed by atoms with van der Waals surface area (Å²) in [6.07, 6.45) is 0.686. The zero-order valence-electron chi connectivity index (χ0n) is 11.3. The molecule has 0 radical (unpaired) electrons. The van der Waals surface area contributed by atoms with E-state index >= 15 is 0 Å². The lowest BCUT2D eigenvalue weighted by Gasteiger charge is -2.05. The zero-order valence-corrected chi connectivity index (χ0v) is 12.1. The number of anilines is 1. The van der Waals surface area contributed by atoms with Gasteiger partial charge in [0.2, 0.25) is 11.8 Å². The second-order valence-electron chi connectivity index (χ2n) is 3.88. The Hall–Kier alpha value is -2.02. The Morgan fingerprint density at radius 2 is 2.10 bits per heavy atom. The number of hydrogen-bond acceptors (Lipinski definition) is 6. The number of rotatable bonds is 6. The van der Waals surface area contributed by atoms with Gasteiger partial charge in [-0.15, -0.1) is 10.2 Å². The second-order valence-corrected chi connectivity index (χ2v) is 4.81. The molecule has 106 valence electrons. The van der Waals surface area contributed by atoms with Crippen LogP contribution in [0.1, 0.15) is 12.8 Å². The van der Waals surface area contributed by atoms with Crippen molar-refractivity contribution >= 4 is 23.4 Å². The Morgan fingerprint density at radius 1 is 1.35 bits per heavy atom. The molecule has 0 aliphatic rings. The predicted molar refractivity (Wildman–Crippen MR) is 76.0 cm³/mol. The number of carbonyl (C=O) groups excluding carboxylic acids is 1. The number of thioether (sulfide) groups is 1. The molecule has 0 saturated carbocycles. The Balaban J connectivity index is 1.82. The first-order valence-corrected chi connectivity index (χ1v) is 7.09. The van der Waals surface area contributed by atoms with Gasteiger partial charge in [-0.2, -0.15) is 0 Å². The van der Waals surface area contributed by atoms with Crippen LogP contribution in [0.4, 0.5) is 5.69 Å². The fraction of sp³-hybridized carbons (Fsp3) is 0.308. The summed E-state index contributed by atoms with van der Waals surface area (Å²) in [7, 11) is 1.60. The average molecular weight is 293 g/mol. The first-order chi connectivity index (χ1) is 9.71. The molecule has 0 unspecified atom stereocenters. The Morgan fingerprint density at radius 3 is 2.70 bits per heavy atom. The molecular weight excluding hydrogens is 278 g/mol. The quantitative estimate of drug-likeness (QED) is 0.824. The van der Waals surface area contributed by atoms with Crippen molar-refractivity contribution in [3.05, 3.63) is 30.2 Å². The molecule has 1 aromatic heterocycles. The molecule has 1 heterocycles. The maximum atomic E-state index is 11.8. The van der Waals surface area contributed by atoms with Gasteiger partial charge in [-0.25, -0.2) is 0 Å². The van der Waals surface area contributed by atoms with E-state index in [0.717, 1.165) is 11.4 Å². The summed E-state index contributed by atoms with van der Waals surface area (Å²) in [6, 6.07) is 7.13. The number of benzene rings is 1. The maximum absolute atomic E-state index is 11.8. The number of aryl methyl sites for hydroxylation is 1. The lowest BCUT2D eigenvalue weighted by Crippen LogP contribution is -2.13. The van der Waals surface area contributed by atoms with E-state index < -0.39 is 0 Å². The monoisotopic (exact) mass is 293 g/mol. The van der Waals surface area contributed by atoms with Gasteiger partial charge in [-0.05, 0) is 24.3 Å². The van der Waals surface area contributed by atoms with E-state index in [1.54, 1.807) is 31.4 Å². The number of ether oxygens (including phenoxy) is 1. The summed E-state index contributed by atoms with van der Waals surface area (Å²) >= 11 is 1.21. The number of methoxy groups -OCH3 is 1. The van der Waals surface area contributed by atoms with E-state index in [-0.39, 0.29) is 11.7 Å². The predicted octanol–water partition coefficient (Wildman–Crippen LogP) is 2.37. The van der Waals surface area contributed by atoms with E-state index in [2.05, 4.69) is 15.5 Å². The Bertz CT molecular complexity index is 568. The number of hydrogen-bond donors (Lipinski definition) is 1. The highest BCUT2D eigenvalue weighted by Gasteiger charge is 2.09. The van der Waals surface area contributed by atoms with Gasteiger partial charge in [0.25, 0.3) is 5.22 Å². The van der Waals surface area contributed by atoms with Gasteiger partial charge < -0.3 is 14.5 Å². The largest absolute Gasteiger partial charge is 0.497 e. The standard InChI is InChI=1S/C13H15N3O3S/c1-3-12-15-16-13(19-12)20-8-11(17)14-9-4-6-10(18-2)7-5-9/h4-7H,3,8H2,1-2H3,(H,14,17). The molecule has 0 aliphatic heterocycles. The summed E-state index contributed by atoms with van der Waals surface area (Å²) in [6.45, 7) is 1.93. The number of nitrogens with one attached hydrogen (secondary N) is 1. The molecule has 2 aromatic rings. The molecule has 0 atom stereocenters. The SMILES string of the molecule is CCc1nnc(SCC(=O)Nc2ccc(OC)cc2)o1. The van der Waals surface area contributed by atoms with Gasteiger partial charge in [0.1, 0.15) is 5.75 Å². The van der Waals surface area contributed by atoms with Crippen LogP contribution in [0.15, 0.2) is 33.9 Å². The topological polar surface area (TPSA) is 77.2 Å². The summed E-state index contributed by atoms with van der Waals surface area (Å²) < 4.78 is 10.4. The second kappa shape index (κ2) is 6.95. The van der Waals surface area contributed by atoms with Crippen molar-refractivity contribution in [2.24, 2.45) is 0 Å². The zero-order chi connectivity index (χ0) is 14.4. The van der Waals surface area contributed by atoms with Crippen LogP contribution in [0.2, 0.25) is 0 Å². The van der Waals surface area contributed by atoms with E-state index in [1.165, 1.54) is 11.8 Å². The minimum atomic E-state index is -0.128. The molecule has 0 aliphatic carbocycles. The summed E-state index contributed by atoms with van der Waals surface area (Å²) in [5.74, 6) is 1.41. The molecule has 1 N–H and O–H groups in total. The first kappa shape index (κ1) is 14.4. The summed E-state index contributed by atoms with van der Waals surface area (Å²) in [5.41, 5.74) is 0.719. The van der Waals surface area contributed by atoms with Crippen molar-refractivity contribution in [3.8, 4) is 5.75 Å². The van der Waals surface area contributed by atoms with E-state index in [4.69, 9.17) is 9.15 Å². The molecule has 20 heavy (non-hydrogen) atoms. The fourth-order valence-corrected chi connectivity index (χ4v) is 2.02. The number of amides is 1. The van der Waals surface area contributed by atoms with E-state index in [0.29, 0.717) is 17.5 Å². The maximum Gasteiger partial charge on any atom is 0.277 e. The molecule has 0 bridgehead atoms. The van der Waals surface area contributed by atoms with Crippen molar-refractivity contribution in [2.75, 3.05) is 18.2 Å². The van der Waals surface area contributed by atoms with Crippen LogP contribution < -0.4 is 10.1 Å². The number of carbonyl (C=O) groups is 1. The van der Waals surface area contributed by atoms with Crippen molar-refractivity contribution in [1.82, 2.24) is 10.2 Å². The van der Waals surface area contributed by atoms with Gasteiger partial charge in [0.15, 0.2) is 0 Å². The highest BCUT2D eigenvalue weighted by atomic mass is 32.2. The smallest absolute Gasteiger partial charge is 0.277 e. The van der Waals surface area contributed by atoms with Crippen LogP contribution in [0, 0.1) is 0 Å². The first-order valence-electron chi connectivity index (χ1n) is 6.10. The highest BCUT2D eigenvalue weighted by molar-refractivity contribution is 7.99. The van der Waals surface area contributed by atoms with Crippen LogP contribution in [-0.4, -0.2) is 29.0 Å². The molecule has 2 rings (SSSR count). The lowest BCUT2D eigenvalue weighted by atomic mass is 10.3. The summed E-state index contributed by atoms with van der Waals surface area (Å²) in [5, 5.41) is 10.9. The van der Waals surface area contributed by atoms with Crippen LogP contribution >= 0.6 is 11.8 Å². The summed E-state index contributed by atoms with van der Waals surface area (Å²) in [4.78, 5) is 11.8. The average Bonchev–Trinajstić information content (AvgIpc) is 2.94.